The van der Waals surface area contributed by atoms with Crippen LogP contribution >= 0.6 is 11.3 Å². The monoisotopic (exact) mass is 239 g/mol. The number of carboxylic acid groups (broad SMARTS) is 1. The molecule has 1 rings (SSSR count). The smallest absolute Gasteiger partial charge is 1.00 e. The molecule has 15 heavy (non-hydrogen) atoms. The summed E-state index contributed by atoms with van der Waals surface area (Å²) in [6.07, 6.45) is 0. The number of rotatable bonds is 3. The topological polar surface area (TPSA) is 141 Å². The van der Waals surface area contributed by atoms with Crippen LogP contribution < -0.4 is 46.8 Å². The molecule has 0 spiro atoms. The Morgan fingerprint density at radius 2 is 2.27 bits per heavy atom. The predicted octanol–water partition coefficient (Wildman–Crippen LogP) is -3.76. The molecule has 0 saturated carbocycles. The normalized spacial score (nSPS) is 11.2. The number of carboxylic acids is 1. The van der Waals surface area contributed by atoms with Gasteiger partial charge in [0.15, 0.2) is 17.1 Å². The zero-order valence-electron chi connectivity index (χ0n) is 9.04. The standard InChI is InChI=1S/C6H9N5O2S.Na.H/c7-5(8)11-3(4(12)13)2-1-14-6(9)10-2;;/h1,3H,(H2,9,10)(H,12,13)(H4,7,8,11);;/q;+1;-1. The van der Waals surface area contributed by atoms with Gasteiger partial charge < -0.3 is 23.7 Å². The molecule has 0 aromatic carbocycles. The first-order valence-corrected chi connectivity index (χ1v) is 4.41. The molecule has 0 saturated heterocycles. The van der Waals surface area contributed by atoms with Gasteiger partial charge in [-0.2, -0.15) is 0 Å². The van der Waals surface area contributed by atoms with Crippen LogP contribution in [0.1, 0.15) is 13.2 Å². The molecular weight excluding hydrogens is 229 g/mol. The van der Waals surface area contributed by atoms with Gasteiger partial charge in [0.05, 0.1) is 5.69 Å². The number of thiazole rings is 1. The van der Waals surface area contributed by atoms with Gasteiger partial charge in [-0.25, -0.2) is 14.8 Å². The molecule has 9 heteroatoms. The average molecular weight is 239 g/mol. The maximum Gasteiger partial charge on any atom is 1.00 e. The number of hydrogen-bond donors (Lipinski definition) is 4. The Kier molecular flexibility index (Phi) is 5.58. The molecule has 1 atom stereocenters. The van der Waals surface area contributed by atoms with E-state index in [2.05, 4.69) is 9.98 Å². The fraction of sp³-hybridized carbons (Fsp3) is 0.167. The molecule has 7 N–H and O–H groups in total. The van der Waals surface area contributed by atoms with E-state index in [1.807, 2.05) is 0 Å². The van der Waals surface area contributed by atoms with Crippen molar-refractivity contribution in [3.63, 3.8) is 0 Å². The van der Waals surface area contributed by atoms with Crippen molar-refractivity contribution >= 4 is 28.4 Å². The number of guanidine groups is 1. The maximum atomic E-state index is 10.8. The van der Waals surface area contributed by atoms with Crippen molar-refractivity contribution in [1.82, 2.24) is 4.98 Å². The predicted molar refractivity (Wildman–Crippen MR) is 53.8 cm³/mol. The molecule has 7 nitrogen and oxygen atoms in total. The summed E-state index contributed by atoms with van der Waals surface area (Å²) >= 11 is 1.13. The second-order valence-electron chi connectivity index (χ2n) is 2.41. The fourth-order valence-electron chi connectivity index (χ4n) is 0.823. The second kappa shape index (κ2) is 5.91. The Hall–Kier alpha value is -0.830. The number of aromatic nitrogens is 1. The number of hydrogen-bond acceptors (Lipinski definition) is 5. The molecule has 1 heterocycles. The Morgan fingerprint density at radius 3 is 2.60 bits per heavy atom. The number of aliphatic imine (C=N–C) groups is 1. The van der Waals surface area contributed by atoms with Crippen molar-refractivity contribution in [2.75, 3.05) is 5.73 Å². The summed E-state index contributed by atoms with van der Waals surface area (Å²) in [5, 5.41) is 10.6. The number of carbonyl (C=O) groups is 1. The summed E-state index contributed by atoms with van der Waals surface area (Å²) in [4.78, 5) is 18.1. The van der Waals surface area contributed by atoms with E-state index < -0.39 is 12.0 Å². The summed E-state index contributed by atoms with van der Waals surface area (Å²) < 4.78 is 0. The maximum absolute atomic E-state index is 10.8. The molecule has 1 aromatic rings. The van der Waals surface area contributed by atoms with Crippen LogP contribution in [-0.4, -0.2) is 22.0 Å². The first kappa shape index (κ1) is 14.2. The third-order valence-electron chi connectivity index (χ3n) is 1.33. The van der Waals surface area contributed by atoms with Gasteiger partial charge in [-0.15, -0.1) is 11.3 Å². The van der Waals surface area contributed by atoms with E-state index in [1.54, 1.807) is 0 Å². The summed E-state index contributed by atoms with van der Waals surface area (Å²) in [6.45, 7) is 0. The van der Waals surface area contributed by atoms with Gasteiger partial charge in [-0.3, -0.25) is 0 Å². The molecule has 0 bridgehead atoms. The number of nitrogen functional groups attached to an aromatic ring is 1. The number of aliphatic carboxylic acids is 1. The van der Waals surface area contributed by atoms with Crippen LogP contribution in [0.5, 0.6) is 0 Å². The minimum absolute atomic E-state index is 0. The van der Waals surface area contributed by atoms with E-state index in [4.69, 9.17) is 22.3 Å². The molecule has 1 aromatic heterocycles. The van der Waals surface area contributed by atoms with Crippen LogP contribution in [-0.2, 0) is 4.79 Å². The molecular formula is C6H10N5NaO2S. The zero-order chi connectivity index (χ0) is 10.7. The average Bonchev–Trinajstić information content (AvgIpc) is 2.46. The number of anilines is 1. The van der Waals surface area contributed by atoms with Gasteiger partial charge in [0, 0.05) is 5.38 Å². The minimum Gasteiger partial charge on any atom is -1.00 e. The summed E-state index contributed by atoms with van der Waals surface area (Å²) in [6, 6.07) is -1.19. The second-order valence-corrected chi connectivity index (χ2v) is 3.30. The van der Waals surface area contributed by atoms with Crippen LogP contribution in [0.15, 0.2) is 10.4 Å². The van der Waals surface area contributed by atoms with E-state index >= 15 is 0 Å². The first-order valence-electron chi connectivity index (χ1n) is 3.53. The molecule has 0 radical (unpaired) electrons. The molecule has 0 aliphatic rings. The third-order valence-corrected chi connectivity index (χ3v) is 2.02. The van der Waals surface area contributed by atoms with Crippen molar-refractivity contribution < 1.29 is 40.9 Å². The van der Waals surface area contributed by atoms with Gasteiger partial charge >= 0.3 is 35.5 Å². The van der Waals surface area contributed by atoms with Gasteiger partial charge in [0.1, 0.15) is 0 Å². The van der Waals surface area contributed by atoms with Crippen molar-refractivity contribution in [1.29, 1.82) is 0 Å². The van der Waals surface area contributed by atoms with E-state index in [-0.39, 0.29) is 47.8 Å². The quantitative estimate of drug-likeness (QED) is 0.242. The van der Waals surface area contributed by atoms with E-state index in [0.29, 0.717) is 0 Å². The van der Waals surface area contributed by atoms with Crippen LogP contribution in [0.2, 0.25) is 0 Å². The Bertz CT molecular complexity index is 381. The van der Waals surface area contributed by atoms with E-state index in [0.717, 1.165) is 11.3 Å². The van der Waals surface area contributed by atoms with Crippen LogP contribution in [0.25, 0.3) is 0 Å². The first-order chi connectivity index (χ1) is 6.50. The Balaban J connectivity index is 0. The number of nitrogens with zero attached hydrogens (tertiary/aromatic N) is 2. The SMILES string of the molecule is NC(N)=NC(C(=O)O)c1csc(N)n1.[H-].[Na+]. The summed E-state index contributed by atoms with van der Waals surface area (Å²) in [5.74, 6) is -1.48. The van der Waals surface area contributed by atoms with Crippen molar-refractivity contribution in [3.05, 3.63) is 11.1 Å². The van der Waals surface area contributed by atoms with Crippen LogP contribution in [0.4, 0.5) is 5.13 Å². The molecule has 0 fully saturated rings. The summed E-state index contributed by atoms with van der Waals surface area (Å²) in [5.41, 5.74) is 15.7. The van der Waals surface area contributed by atoms with Gasteiger partial charge in [-0.05, 0) is 0 Å². The third kappa shape index (κ3) is 4.04. The summed E-state index contributed by atoms with van der Waals surface area (Å²) in [7, 11) is 0. The van der Waals surface area contributed by atoms with Crippen LogP contribution in [0.3, 0.4) is 0 Å². The minimum atomic E-state index is -1.19. The van der Waals surface area contributed by atoms with E-state index in [9.17, 15) is 4.79 Å². The van der Waals surface area contributed by atoms with Crippen molar-refractivity contribution in [2.45, 2.75) is 6.04 Å². The molecule has 1 unspecified atom stereocenters. The van der Waals surface area contributed by atoms with Gasteiger partial charge in [0.25, 0.3) is 0 Å². The zero-order valence-corrected chi connectivity index (χ0v) is 10.9. The van der Waals surface area contributed by atoms with E-state index in [1.165, 1.54) is 5.38 Å². The molecule has 0 amide bonds. The van der Waals surface area contributed by atoms with Crippen molar-refractivity contribution in [2.24, 2.45) is 16.5 Å². The van der Waals surface area contributed by atoms with Gasteiger partial charge in [0.2, 0.25) is 0 Å². The van der Waals surface area contributed by atoms with Gasteiger partial charge in [-0.1, -0.05) is 0 Å². The number of nitrogens with two attached hydrogens (primary N) is 3. The molecule has 0 aliphatic carbocycles. The van der Waals surface area contributed by atoms with Crippen LogP contribution in [0, 0.1) is 0 Å². The Labute approximate surface area is 113 Å². The fourth-order valence-corrected chi connectivity index (χ4v) is 1.40. The molecule has 0 aliphatic heterocycles. The molecule has 78 valence electrons. The largest absolute Gasteiger partial charge is 1.00 e. The Morgan fingerprint density at radius 1 is 1.67 bits per heavy atom. The van der Waals surface area contributed by atoms with Crippen molar-refractivity contribution in [3.8, 4) is 0 Å².